The van der Waals surface area contributed by atoms with Gasteiger partial charge in [0.2, 0.25) is 0 Å². The van der Waals surface area contributed by atoms with Gasteiger partial charge in [-0.05, 0) is 17.3 Å². The van der Waals surface area contributed by atoms with E-state index in [-0.39, 0.29) is 29.7 Å². The van der Waals surface area contributed by atoms with Gasteiger partial charge in [0.1, 0.15) is 0 Å². The van der Waals surface area contributed by atoms with Crippen molar-refractivity contribution in [3.8, 4) is 0 Å². The van der Waals surface area contributed by atoms with Crippen molar-refractivity contribution in [2.45, 2.75) is 90.5 Å². The topological polar surface area (TPSA) is 0 Å². The number of hydrogen-bond donors (Lipinski definition) is 0. The van der Waals surface area contributed by atoms with Crippen molar-refractivity contribution in [1.82, 2.24) is 0 Å². The summed E-state index contributed by atoms with van der Waals surface area (Å²) in [5.41, 5.74) is 1.05. The van der Waals surface area contributed by atoms with E-state index in [0.717, 1.165) is 0 Å². The maximum atomic E-state index is 2.37. The number of hydrogen-bond acceptors (Lipinski definition) is 0. The summed E-state index contributed by atoms with van der Waals surface area (Å²) >= 11 is 0. The van der Waals surface area contributed by atoms with Crippen LogP contribution in [-0.4, -0.2) is 0 Å². The van der Waals surface area contributed by atoms with E-state index in [1.165, 1.54) is 19.3 Å². The molecule has 0 aliphatic heterocycles. The van der Waals surface area contributed by atoms with Crippen molar-refractivity contribution in [2.75, 3.05) is 0 Å². The summed E-state index contributed by atoms with van der Waals surface area (Å²) in [6, 6.07) is 0. The second-order valence-corrected chi connectivity index (χ2v) is 5.21. The lowest BCUT2D eigenvalue weighted by atomic mass is 9.72. The Bertz CT molecular complexity index is 95.2. The zero-order valence-electron chi connectivity index (χ0n) is 9.12. The van der Waals surface area contributed by atoms with Gasteiger partial charge in [0.15, 0.2) is 0 Å². The molecule has 0 bridgehead atoms. The van der Waals surface area contributed by atoms with E-state index in [1.54, 1.807) is 0 Å². The molecule has 0 aromatic carbocycles. The Morgan fingerprint density at radius 1 is 0.600 bits per heavy atom. The van der Waals surface area contributed by atoms with Gasteiger partial charge in [0.25, 0.3) is 0 Å². The Labute approximate surface area is 102 Å². The zero-order chi connectivity index (χ0) is 9.12. The van der Waals surface area contributed by atoms with Crippen LogP contribution in [0.15, 0.2) is 0 Å². The van der Waals surface area contributed by atoms with E-state index in [1.807, 2.05) is 0 Å². The van der Waals surface area contributed by atoms with Gasteiger partial charge >= 0.3 is 0 Å². The van der Waals surface area contributed by atoms with Gasteiger partial charge in [-0.2, -0.15) is 0 Å². The first-order valence-corrected chi connectivity index (χ1v) is 4.83. The molecule has 0 unspecified atom stereocenters. The van der Waals surface area contributed by atoms with Crippen LogP contribution in [-0.2, 0) is 0 Å². The molecule has 0 saturated heterocycles. The third-order valence-corrected chi connectivity index (χ3v) is 2.87. The predicted octanol–water partition coefficient (Wildman–Crippen LogP) is 6.79. The minimum absolute atomic E-state index is 0. The van der Waals surface area contributed by atoms with Crippen LogP contribution in [0.25, 0.3) is 0 Å². The SMILES string of the molecule is C.C.C.C.CCC(C)(C)CC(C)(C)CC. The lowest BCUT2D eigenvalue weighted by Crippen LogP contribution is -2.21. The molecule has 0 spiro atoms. The van der Waals surface area contributed by atoms with Gasteiger partial charge in [-0.3, -0.25) is 0 Å². The summed E-state index contributed by atoms with van der Waals surface area (Å²) in [5.74, 6) is 0. The molecular weight excluding hydrogens is 180 g/mol. The molecule has 100 valence electrons. The lowest BCUT2D eigenvalue weighted by molar-refractivity contribution is 0.183. The molecule has 15 heavy (non-hydrogen) atoms. The summed E-state index contributed by atoms with van der Waals surface area (Å²) < 4.78 is 0. The summed E-state index contributed by atoms with van der Waals surface area (Å²) in [6.07, 6.45) is 3.92. The molecule has 0 heterocycles. The van der Waals surface area contributed by atoms with Crippen LogP contribution in [0.2, 0.25) is 0 Å². The summed E-state index contributed by atoms with van der Waals surface area (Å²) in [6.45, 7) is 14.0. The molecule has 0 aromatic heterocycles. The second-order valence-electron chi connectivity index (χ2n) is 5.21. The Balaban J connectivity index is -0.0000000833. The van der Waals surface area contributed by atoms with E-state index in [4.69, 9.17) is 0 Å². The molecular formula is C15H40. The van der Waals surface area contributed by atoms with Gasteiger partial charge in [-0.1, -0.05) is 84.1 Å². The highest BCUT2D eigenvalue weighted by molar-refractivity contribution is 4.76. The van der Waals surface area contributed by atoms with Gasteiger partial charge < -0.3 is 0 Å². The molecule has 0 saturated carbocycles. The average Bonchev–Trinajstić information content (AvgIpc) is 1.86. The highest BCUT2D eigenvalue weighted by Gasteiger charge is 2.25. The number of rotatable bonds is 4. The van der Waals surface area contributed by atoms with Gasteiger partial charge in [0.05, 0.1) is 0 Å². The van der Waals surface area contributed by atoms with E-state index in [0.29, 0.717) is 10.8 Å². The molecule has 0 atom stereocenters. The largest absolute Gasteiger partial charge is 0.0776 e. The molecule has 0 fully saturated rings. The molecule has 0 aromatic rings. The summed E-state index contributed by atoms with van der Waals surface area (Å²) in [4.78, 5) is 0. The smallest absolute Gasteiger partial charge is 0.0352 e. The van der Waals surface area contributed by atoms with Crippen LogP contribution < -0.4 is 0 Å². The molecule has 0 radical (unpaired) electrons. The maximum absolute atomic E-state index is 2.37. The van der Waals surface area contributed by atoms with Gasteiger partial charge in [-0.15, -0.1) is 0 Å². The van der Waals surface area contributed by atoms with Crippen molar-refractivity contribution >= 4 is 0 Å². The molecule has 0 rings (SSSR count). The highest BCUT2D eigenvalue weighted by atomic mass is 14.3. The minimum atomic E-state index is 0. The molecule has 0 nitrogen and oxygen atoms in total. The lowest BCUT2D eigenvalue weighted by Gasteiger charge is -2.33. The molecule has 0 aliphatic carbocycles. The van der Waals surface area contributed by atoms with Crippen molar-refractivity contribution in [3.05, 3.63) is 0 Å². The minimum Gasteiger partial charge on any atom is -0.0776 e. The first-order valence-electron chi connectivity index (χ1n) is 4.83. The normalized spacial score (nSPS) is 10.0. The Hall–Kier alpha value is 0. The van der Waals surface area contributed by atoms with E-state index < -0.39 is 0 Å². The van der Waals surface area contributed by atoms with Crippen molar-refractivity contribution < 1.29 is 0 Å². The van der Waals surface area contributed by atoms with E-state index in [9.17, 15) is 0 Å². The van der Waals surface area contributed by atoms with Crippen LogP contribution in [0, 0.1) is 10.8 Å². The van der Waals surface area contributed by atoms with Crippen molar-refractivity contribution in [2.24, 2.45) is 10.8 Å². The second kappa shape index (κ2) is 10.5. The first-order chi connectivity index (χ1) is 4.83. The summed E-state index contributed by atoms with van der Waals surface area (Å²) in [7, 11) is 0. The van der Waals surface area contributed by atoms with Crippen molar-refractivity contribution in [3.63, 3.8) is 0 Å². The standard InChI is InChI=1S/C11H24.4CH4/c1-7-10(3,4)9-11(5,6)8-2;;;;/h7-9H2,1-6H3;4*1H4. The fraction of sp³-hybridized carbons (Fsp3) is 1.00. The Morgan fingerprint density at radius 2 is 0.800 bits per heavy atom. The molecule has 0 aliphatic rings. The maximum Gasteiger partial charge on any atom is -0.0352 e. The third-order valence-electron chi connectivity index (χ3n) is 2.87. The van der Waals surface area contributed by atoms with Crippen molar-refractivity contribution in [1.29, 1.82) is 0 Å². The third kappa shape index (κ3) is 14.0. The average molecular weight is 220 g/mol. The molecule has 0 amide bonds. The zero-order valence-corrected chi connectivity index (χ0v) is 9.12. The summed E-state index contributed by atoms with van der Waals surface area (Å²) in [5, 5.41) is 0. The van der Waals surface area contributed by atoms with Crippen LogP contribution in [0.3, 0.4) is 0 Å². The fourth-order valence-electron chi connectivity index (χ4n) is 1.55. The Morgan fingerprint density at radius 3 is 0.933 bits per heavy atom. The molecule has 0 heteroatoms. The Kier molecular flexibility index (Phi) is 20.6. The van der Waals surface area contributed by atoms with Crippen LogP contribution in [0.4, 0.5) is 0 Å². The highest BCUT2D eigenvalue weighted by Crippen LogP contribution is 2.37. The quantitative estimate of drug-likeness (QED) is 0.489. The van der Waals surface area contributed by atoms with Crippen LogP contribution in [0.1, 0.15) is 90.5 Å². The van der Waals surface area contributed by atoms with Crippen LogP contribution in [0.5, 0.6) is 0 Å². The van der Waals surface area contributed by atoms with Crippen LogP contribution >= 0.6 is 0 Å². The predicted molar refractivity (Wildman–Crippen MR) is 79.7 cm³/mol. The molecule has 0 N–H and O–H groups in total. The first kappa shape index (κ1) is 29.4. The van der Waals surface area contributed by atoms with E-state index >= 15 is 0 Å². The van der Waals surface area contributed by atoms with E-state index in [2.05, 4.69) is 41.5 Å². The van der Waals surface area contributed by atoms with Gasteiger partial charge in [-0.25, -0.2) is 0 Å². The van der Waals surface area contributed by atoms with Gasteiger partial charge in [0, 0.05) is 0 Å². The fourth-order valence-corrected chi connectivity index (χ4v) is 1.55. The monoisotopic (exact) mass is 220 g/mol.